The Morgan fingerprint density at radius 2 is 1.47 bits per heavy atom. The largest absolute Gasteiger partial charge is 0.508 e. The van der Waals surface area contributed by atoms with Gasteiger partial charge in [-0.1, -0.05) is 48.5 Å². The van der Waals surface area contributed by atoms with Crippen molar-refractivity contribution < 1.29 is 28.9 Å². The molecule has 282 valence electrons. The maximum atomic E-state index is 12.9. The second-order valence-corrected chi connectivity index (χ2v) is 15.0. The fraction of sp³-hybridized carbons (Fsp3) is 0.333. The third-order valence-corrected chi connectivity index (χ3v) is 10.8. The minimum Gasteiger partial charge on any atom is -0.508 e. The number of aromatic hydroxyl groups is 1. The average molecular weight is 760 g/mol. The van der Waals surface area contributed by atoms with Gasteiger partial charge in [0.25, 0.3) is 0 Å². The first-order valence-electron chi connectivity index (χ1n) is 17.7. The highest BCUT2D eigenvalue weighted by atomic mass is 32.2. The van der Waals surface area contributed by atoms with Gasteiger partial charge in [0.05, 0.1) is 19.6 Å². The summed E-state index contributed by atoms with van der Waals surface area (Å²) in [7, 11) is 5.19. The molecule has 4 aromatic carbocycles. The number of thioether (sulfide) groups is 2. The smallest absolute Gasteiger partial charge is 0.225 e. The topological polar surface area (TPSA) is 102 Å². The molecule has 0 bridgehead atoms. The number of phenolic OH excluding ortho intramolecular Hbond substituents is 1. The van der Waals surface area contributed by atoms with Crippen LogP contribution in [0.4, 0.5) is 4.39 Å². The molecule has 2 amide bonds. The van der Waals surface area contributed by atoms with Crippen molar-refractivity contribution in [2.75, 3.05) is 45.8 Å². The molecule has 0 radical (unpaired) electrons. The second-order valence-electron chi connectivity index (χ2n) is 12.7. The molecule has 5 rings (SSSR count). The Morgan fingerprint density at radius 3 is 2.17 bits per heavy atom. The molecule has 1 aliphatic heterocycles. The van der Waals surface area contributed by atoms with Crippen LogP contribution in [0.1, 0.15) is 42.4 Å². The summed E-state index contributed by atoms with van der Waals surface area (Å²) in [5.41, 5.74) is 4.77. The average Bonchev–Trinajstić information content (AvgIpc) is 3.18. The van der Waals surface area contributed by atoms with Crippen molar-refractivity contribution in [1.29, 1.82) is 0 Å². The van der Waals surface area contributed by atoms with E-state index in [9.17, 15) is 24.2 Å². The van der Waals surface area contributed by atoms with Crippen LogP contribution in [0.15, 0.2) is 113 Å². The number of hydrogen-bond acceptors (Lipinski definition) is 8. The lowest BCUT2D eigenvalue weighted by molar-refractivity contribution is -0.132. The van der Waals surface area contributed by atoms with Crippen molar-refractivity contribution >= 4 is 40.9 Å². The van der Waals surface area contributed by atoms with E-state index in [-0.39, 0.29) is 29.8 Å². The molecule has 0 aliphatic carbocycles. The fourth-order valence-corrected chi connectivity index (χ4v) is 7.33. The molecule has 53 heavy (non-hydrogen) atoms. The molecule has 11 heteroatoms. The van der Waals surface area contributed by atoms with Crippen molar-refractivity contribution in [2.45, 2.75) is 54.7 Å². The van der Waals surface area contributed by atoms with Crippen LogP contribution in [-0.2, 0) is 22.7 Å². The number of halogens is 1. The maximum Gasteiger partial charge on any atom is 0.225 e. The van der Waals surface area contributed by atoms with E-state index in [0.717, 1.165) is 52.8 Å². The Bertz CT molecular complexity index is 1770. The van der Waals surface area contributed by atoms with Crippen LogP contribution in [0.2, 0.25) is 0 Å². The van der Waals surface area contributed by atoms with Gasteiger partial charge >= 0.3 is 0 Å². The summed E-state index contributed by atoms with van der Waals surface area (Å²) in [6.45, 7) is 2.98. The zero-order valence-corrected chi connectivity index (χ0v) is 32.3. The van der Waals surface area contributed by atoms with Crippen molar-refractivity contribution in [1.82, 2.24) is 15.1 Å². The van der Waals surface area contributed by atoms with Crippen LogP contribution in [0, 0.1) is 5.82 Å². The molecule has 0 aromatic heterocycles. The highest BCUT2D eigenvalue weighted by Gasteiger charge is 2.17. The summed E-state index contributed by atoms with van der Waals surface area (Å²) in [6.07, 6.45) is 3.96. The van der Waals surface area contributed by atoms with Crippen LogP contribution >= 0.6 is 23.5 Å². The summed E-state index contributed by atoms with van der Waals surface area (Å²) >= 11 is 3.11. The summed E-state index contributed by atoms with van der Waals surface area (Å²) in [6, 6.07) is 29.2. The van der Waals surface area contributed by atoms with Gasteiger partial charge in [-0.05, 0) is 96.4 Å². The van der Waals surface area contributed by atoms with Gasteiger partial charge in [-0.15, -0.1) is 23.5 Å². The van der Waals surface area contributed by atoms with Crippen LogP contribution in [0.5, 0.6) is 11.5 Å². The van der Waals surface area contributed by atoms with E-state index in [1.165, 1.54) is 40.6 Å². The second kappa shape index (κ2) is 22.0. The number of aliphatic hydroxyl groups excluding tert-OH is 1. The first-order valence-corrected chi connectivity index (χ1v) is 19.7. The van der Waals surface area contributed by atoms with Crippen molar-refractivity contribution in [3.05, 3.63) is 126 Å². The van der Waals surface area contributed by atoms with Gasteiger partial charge < -0.3 is 30.1 Å². The van der Waals surface area contributed by atoms with Crippen LogP contribution in [0.3, 0.4) is 0 Å². The summed E-state index contributed by atoms with van der Waals surface area (Å²) in [5.74, 6) is 2.02. The maximum absolute atomic E-state index is 12.9. The van der Waals surface area contributed by atoms with Gasteiger partial charge in [-0.25, -0.2) is 4.39 Å². The normalized spacial score (nSPS) is 12.9. The number of para-hydroxylation sites is 1. The Labute approximate surface area is 321 Å². The molecule has 3 N–H and O–H groups in total. The minimum atomic E-state index is -0.761. The molecule has 0 unspecified atom stereocenters. The quantitative estimate of drug-likeness (QED) is 0.0792. The van der Waals surface area contributed by atoms with Crippen LogP contribution in [0.25, 0.3) is 5.57 Å². The van der Waals surface area contributed by atoms with E-state index >= 15 is 0 Å². The molecule has 1 atom stereocenters. The van der Waals surface area contributed by atoms with Gasteiger partial charge in [0.15, 0.2) is 0 Å². The summed E-state index contributed by atoms with van der Waals surface area (Å²) in [5, 5.41) is 22.8. The third-order valence-electron chi connectivity index (χ3n) is 8.59. The van der Waals surface area contributed by atoms with Gasteiger partial charge in [-0.2, -0.15) is 0 Å². The lowest BCUT2D eigenvalue weighted by Gasteiger charge is -2.22. The molecule has 0 saturated carbocycles. The van der Waals surface area contributed by atoms with Crippen LogP contribution in [-0.4, -0.2) is 83.7 Å². The van der Waals surface area contributed by atoms with Crippen molar-refractivity contribution in [3.8, 4) is 11.5 Å². The Kier molecular flexibility index (Phi) is 17.3. The monoisotopic (exact) mass is 759 g/mol. The number of nitrogens with zero attached hydrogens (tertiary/aromatic N) is 2. The highest BCUT2D eigenvalue weighted by molar-refractivity contribution is 7.99. The zero-order chi connectivity index (χ0) is 38.0. The number of methoxy groups -OCH3 is 1. The number of benzene rings is 4. The van der Waals surface area contributed by atoms with Crippen molar-refractivity contribution in [2.24, 2.45) is 0 Å². The molecular formula is C42H50FN3O5S2. The van der Waals surface area contributed by atoms with E-state index in [1.807, 2.05) is 54.4 Å². The summed E-state index contributed by atoms with van der Waals surface area (Å²) < 4.78 is 18.1. The van der Waals surface area contributed by atoms with E-state index in [4.69, 9.17) is 4.74 Å². The van der Waals surface area contributed by atoms with E-state index < -0.39 is 6.10 Å². The third kappa shape index (κ3) is 14.2. The number of rotatable bonds is 16. The first-order chi connectivity index (χ1) is 25.6. The molecule has 0 spiro atoms. The molecule has 0 saturated heterocycles. The molecule has 4 aromatic rings. The number of carbonyl (C=O) groups excluding carboxylic acids is 2. The molecular weight excluding hydrogens is 710 g/mol. The van der Waals surface area contributed by atoms with Gasteiger partial charge in [0.2, 0.25) is 11.8 Å². The van der Waals surface area contributed by atoms with E-state index in [1.54, 1.807) is 55.1 Å². The number of nitrogens with one attached hydrogen (secondary N) is 1. The predicted octanol–water partition coefficient (Wildman–Crippen LogP) is 7.64. The van der Waals surface area contributed by atoms with Crippen LogP contribution < -0.4 is 10.1 Å². The molecule has 1 heterocycles. The van der Waals surface area contributed by atoms with Gasteiger partial charge in [-0.3, -0.25) is 9.59 Å². The molecule has 1 aliphatic rings. The van der Waals surface area contributed by atoms with Gasteiger partial charge in [0, 0.05) is 61.3 Å². The van der Waals surface area contributed by atoms with E-state index in [0.29, 0.717) is 25.3 Å². The molecule has 0 fully saturated rings. The number of carbonyl (C=O) groups is 2. The standard InChI is InChI=1S/C23H28N2O2S.C19H22FNO3S/c1-25(23(27)7-4-16-28-21-10-8-20(26)9-11-21)17-19-5-2-3-6-22(19)18-12-14-24-15-13-18;1-21(12-14-5-3-4-6-18(14)24-2)19(23)11-16(22)13-25-17-9-7-15(20)8-10-17/h2-3,5-6,8-12,24,26H,4,7,13-17H2,1H3;3-10,16,22H,11-13H2,1-2H3/t;16-/m.0/s1. The lowest BCUT2D eigenvalue weighted by Crippen LogP contribution is -2.30. The first kappa shape index (κ1) is 41.5. The SMILES string of the molecule is CN(Cc1ccccc1C1=CCNCC1)C(=O)CCCSc1ccc(O)cc1.COc1ccccc1CN(C)C(=O)C[C@H](O)CSc1ccc(F)cc1. The summed E-state index contributed by atoms with van der Waals surface area (Å²) in [4.78, 5) is 30.2. The van der Waals surface area contributed by atoms with E-state index in [2.05, 4.69) is 29.6 Å². The zero-order valence-electron chi connectivity index (χ0n) is 30.7. The minimum absolute atomic E-state index is 0.0415. The highest BCUT2D eigenvalue weighted by Crippen LogP contribution is 2.26. The fourth-order valence-electron chi connectivity index (χ4n) is 5.65. The Hall–Kier alpha value is -4.29. The predicted molar refractivity (Wildman–Crippen MR) is 214 cm³/mol. The Balaban J connectivity index is 0.000000238. The lowest BCUT2D eigenvalue weighted by atomic mass is 9.95. The Morgan fingerprint density at radius 1 is 0.849 bits per heavy atom. The van der Waals surface area contributed by atoms with Crippen molar-refractivity contribution in [3.63, 3.8) is 0 Å². The number of amides is 2. The number of aliphatic hydroxyl groups is 1. The number of phenols is 1. The number of hydrogen-bond donors (Lipinski definition) is 3. The van der Waals surface area contributed by atoms with Gasteiger partial charge in [0.1, 0.15) is 17.3 Å². The molecule has 8 nitrogen and oxygen atoms in total. The number of ether oxygens (including phenoxy) is 1.